The van der Waals surface area contributed by atoms with Crippen molar-refractivity contribution >= 4 is 30.8 Å². The summed E-state index contributed by atoms with van der Waals surface area (Å²) in [5, 5.41) is 15.0. The van der Waals surface area contributed by atoms with Crippen LogP contribution in [0.2, 0.25) is 5.04 Å². The Hall–Kier alpha value is -6.70. The molecule has 0 saturated carbocycles. The summed E-state index contributed by atoms with van der Waals surface area (Å²) in [6.07, 6.45) is -4.34. The number of benzene rings is 7. The van der Waals surface area contributed by atoms with Gasteiger partial charge in [-0.05, 0) is 67.7 Å². The predicted molar refractivity (Wildman–Crippen MR) is 306 cm³/mol. The largest absolute Gasteiger partial charge is 0.466 e. The van der Waals surface area contributed by atoms with Crippen LogP contribution in [0.5, 0.6) is 0 Å². The third kappa shape index (κ3) is 14.1. The summed E-state index contributed by atoms with van der Waals surface area (Å²) in [5.41, 5.74) is 6.96. The Morgan fingerprint density at radius 3 is 1.44 bits per heavy atom. The smallest absolute Gasteiger partial charge is 0.410 e. The molecule has 0 spiro atoms. The summed E-state index contributed by atoms with van der Waals surface area (Å²) in [4.78, 5) is 31.2. The van der Waals surface area contributed by atoms with Gasteiger partial charge in [0.15, 0.2) is 0 Å². The van der Waals surface area contributed by atoms with Crippen molar-refractivity contribution in [3.05, 3.63) is 228 Å². The van der Waals surface area contributed by atoms with Crippen molar-refractivity contribution in [2.75, 3.05) is 26.4 Å². The SMILES string of the molecule is CCCCN(C(=O)OCC1c2ccccc2-c2ccccc21)[C@H](CC(=O)OCC)[C@H](OCc1ccccc1)[C@@H](OCc1ccccc1)[C@H](OCc1ccccc1)[C@H](O)CO[Si](c1ccccc1)(c1ccccc1)C(C)(C)C. The zero-order valence-electron chi connectivity index (χ0n) is 45.2. The molecule has 5 atom stereocenters. The molecule has 0 heterocycles. The quantitative estimate of drug-likeness (QED) is 0.0397. The van der Waals surface area contributed by atoms with Crippen LogP contribution in [-0.4, -0.2) is 87.2 Å². The fraction of sp³-hybridized carbons (Fsp3) is 0.333. The number of aliphatic hydroxyl groups excluding tert-OH is 1. The van der Waals surface area contributed by atoms with Gasteiger partial charge < -0.3 is 38.1 Å². The molecule has 1 N–H and O–H groups in total. The van der Waals surface area contributed by atoms with Gasteiger partial charge in [-0.25, -0.2) is 4.79 Å². The first kappa shape index (κ1) is 56.5. The second-order valence-corrected chi connectivity index (χ2v) is 25.1. The highest BCUT2D eigenvalue weighted by Crippen LogP contribution is 2.45. The summed E-state index contributed by atoms with van der Waals surface area (Å²) in [5.74, 6) is -0.741. The Morgan fingerprint density at radius 1 is 0.558 bits per heavy atom. The third-order valence-corrected chi connectivity index (χ3v) is 19.6. The number of amides is 1. The summed E-state index contributed by atoms with van der Waals surface area (Å²) in [6.45, 7) is 10.9. The van der Waals surface area contributed by atoms with Crippen LogP contribution in [0.15, 0.2) is 200 Å². The predicted octanol–water partition coefficient (Wildman–Crippen LogP) is 12.1. The van der Waals surface area contributed by atoms with Crippen LogP contribution >= 0.6 is 0 Å². The maximum absolute atomic E-state index is 15.3. The maximum Gasteiger partial charge on any atom is 0.410 e. The number of hydrogen-bond donors (Lipinski definition) is 1. The van der Waals surface area contributed by atoms with Crippen molar-refractivity contribution in [3.63, 3.8) is 0 Å². The van der Waals surface area contributed by atoms with Gasteiger partial charge in [0.25, 0.3) is 8.32 Å². The molecule has 1 aliphatic carbocycles. The molecule has 7 aromatic carbocycles. The Morgan fingerprint density at radius 2 is 0.987 bits per heavy atom. The fourth-order valence-electron chi connectivity index (χ4n) is 10.8. The Balaban J connectivity index is 1.25. The molecule has 10 nitrogen and oxygen atoms in total. The highest BCUT2D eigenvalue weighted by Gasteiger charge is 2.52. The van der Waals surface area contributed by atoms with E-state index in [2.05, 4.69) is 76.2 Å². The number of unbranched alkanes of at least 4 members (excludes halogenated alkanes) is 1. The fourth-order valence-corrected chi connectivity index (χ4v) is 15.4. The molecule has 0 unspecified atom stereocenters. The van der Waals surface area contributed by atoms with E-state index in [-0.39, 0.29) is 58.5 Å². The Labute approximate surface area is 457 Å². The number of carbonyl (C=O) groups is 2. The zero-order valence-corrected chi connectivity index (χ0v) is 46.2. The number of carbonyl (C=O) groups excluding carboxylic acids is 2. The molecule has 1 aliphatic rings. The first-order valence-electron chi connectivity index (χ1n) is 27.2. The molecule has 11 heteroatoms. The van der Waals surface area contributed by atoms with E-state index in [0.29, 0.717) is 6.42 Å². The Bertz CT molecular complexity index is 2800. The number of nitrogens with zero attached hydrogens (tertiary/aromatic N) is 1. The second kappa shape index (κ2) is 27.6. The van der Waals surface area contributed by atoms with Gasteiger partial charge >= 0.3 is 12.1 Å². The highest BCUT2D eigenvalue weighted by atomic mass is 28.4. The third-order valence-electron chi connectivity index (χ3n) is 14.6. The molecular formula is C66H75NO9Si. The lowest BCUT2D eigenvalue weighted by molar-refractivity contribution is -0.197. The zero-order chi connectivity index (χ0) is 54.0. The molecule has 0 radical (unpaired) electrons. The minimum Gasteiger partial charge on any atom is -0.466 e. The number of aliphatic hydroxyl groups is 1. The van der Waals surface area contributed by atoms with Crippen molar-refractivity contribution in [1.29, 1.82) is 0 Å². The second-order valence-electron chi connectivity index (χ2n) is 20.8. The standard InChI is InChI=1S/C66H75NO9Si/c1-6-8-42-67(65(70)75-47-58-56-40-26-24-38-54(56)55-39-25-27-41-57(55)58)59(43-61(69)71-7-2)62(72-44-49-28-14-9-15-29-49)64(74-46-51-32-18-11-19-33-51)63(73-45-50-30-16-10-17-31-50)60(68)48-76-77(66(3,4)5,52-34-20-12-21-35-52)53-36-22-13-23-37-53/h9-41,58-60,62-64,68H,6-8,42-48H2,1-5H3/t59-,60-,62+,63-,64-/m1/s1. The summed E-state index contributed by atoms with van der Waals surface area (Å²) in [6, 6.07) is 65.3. The first-order valence-corrected chi connectivity index (χ1v) is 29.1. The van der Waals surface area contributed by atoms with E-state index in [1.54, 1.807) is 11.8 Å². The Kier molecular flexibility index (Phi) is 20.2. The van der Waals surface area contributed by atoms with Gasteiger partial charge in [0, 0.05) is 12.5 Å². The molecular weight excluding hydrogens is 979 g/mol. The van der Waals surface area contributed by atoms with Gasteiger partial charge in [-0.3, -0.25) is 4.79 Å². The van der Waals surface area contributed by atoms with Crippen molar-refractivity contribution in [3.8, 4) is 11.1 Å². The molecule has 8 rings (SSSR count). The lowest BCUT2D eigenvalue weighted by Crippen LogP contribution is -2.67. The van der Waals surface area contributed by atoms with Gasteiger partial charge in [0.05, 0.1) is 45.5 Å². The van der Waals surface area contributed by atoms with Crippen LogP contribution in [0.1, 0.15) is 87.6 Å². The van der Waals surface area contributed by atoms with Crippen LogP contribution < -0.4 is 10.4 Å². The van der Waals surface area contributed by atoms with Crippen LogP contribution in [0.3, 0.4) is 0 Å². The summed E-state index contributed by atoms with van der Waals surface area (Å²) < 4.78 is 41.2. The lowest BCUT2D eigenvalue weighted by Gasteiger charge is -2.45. The molecule has 402 valence electrons. The normalized spacial score (nSPS) is 14.4. The average Bonchev–Trinajstić information content (AvgIpc) is 3.85. The molecule has 0 aliphatic heterocycles. The minimum atomic E-state index is -3.22. The topological polar surface area (TPSA) is 113 Å². The highest BCUT2D eigenvalue weighted by molar-refractivity contribution is 6.99. The van der Waals surface area contributed by atoms with Gasteiger partial charge in [0.1, 0.15) is 31.0 Å². The number of ether oxygens (including phenoxy) is 5. The van der Waals surface area contributed by atoms with Crippen molar-refractivity contribution in [1.82, 2.24) is 4.90 Å². The molecule has 0 bridgehead atoms. The van der Waals surface area contributed by atoms with Crippen molar-refractivity contribution in [2.24, 2.45) is 0 Å². The van der Waals surface area contributed by atoms with E-state index >= 15 is 4.79 Å². The number of esters is 1. The van der Waals surface area contributed by atoms with Gasteiger partial charge in [-0.2, -0.15) is 0 Å². The van der Waals surface area contributed by atoms with E-state index in [9.17, 15) is 9.90 Å². The molecule has 77 heavy (non-hydrogen) atoms. The molecule has 0 fully saturated rings. The minimum absolute atomic E-state index is 0.0617. The first-order chi connectivity index (χ1) is 37.5. The molecule has 7 aromatic rings. The monoisotopic (exact) mass is 1050 g/mol. The number of rotatable bonds is 27. The van der Waals surface area contributed by atoms with E-state index in [1.807, 2.05) is 152 Å². The molecule has 0 aromatic heterocycles. The van der Waals surface area contributed by atoms with Crippen LogP contribution in [-0.2, 0) is 52.7 Å². The van der Waals surface area contributed by atoms with E-state index < -0.39 is 55.9 Å². The molecule has 1 amide bonds. The average molecular weight is 1050 g/mol. The van der Waals surface area contributed by atoms with E-state index in [4.69, 9.17) is 28.1 Å². The van der Waals surface area contributed by atoms with E-state index in [0.717, 1.165) is 55.7 Å². The summed E-state index contributed by atoms with van der Waals surface area (Å²) in [7, 11) is -3.22. The van der Waals surface area contributed by atoms with Gasteiger partial charge in [0.2, 0.25) is 0 Å². The maximum atomic E-state index is 15.3. The van der Waals surface area contributed by atoms with Gasteiger partial charge in [-0.1, -0.05) is 234 Å². The summed E-state index contributed by atoms with van der Waals surface area (Å²) >= 11 is 0. The lowest BCUT2D eigenvalue weighted by atomic mass is 9.93. The number of hydrogen-bond acceptors (Lipinski definition) is 9. The van der Waals surface area contributed by atoms with Crippen molar-refractivity contribution < 1.29 is 42.8 Å². The van der Waals surface area contributed by atoms with E-state index in [1.165, 1.54) is 0 Å². The van der Waals surface area contributed by atoms with Crippen LogP contribution in [0.25, 0.3) is 11.1 Å². The van der Waals surface area contributed by atoms with Crippen molar-refractivity contribution in [2.45, 2.75) is 115 Å². The number of fused-ring (bicyclic) bond motifs is 3. The van der Waals surface area contributed by atoms with Crippen LogP contribution in [0.4, 0.5) is 4.79 Å². The van der Waals surface area contributed by atoms with Gasteiger partial charge in [-0.15, -0.1) is 0 Å². The molecule has 0 saturated heterocycles. The van der Waals surface area contributed by atoms with Crippen LogP contribution in [0, 0.1) is 0 Å².